The summed E-state index contributed by atoms with van der Waals surface area (Å²) in [6, 6.07) is 2.28. The van der Waals surface area contributed by atoms with Crippen molar-refractivity contribution in [2.45, 2.75) is 19.0 Å². The predicted molar refractivity (Wildman–Crippen MR) is 69.9 cm³/mol. The third kappa shape index (κ3) is 2.68. The summed E-state index contributed by atoms with van der Waals surface area (Å²) in [6.45, 7) is 4.15. The highest BCUT2D eigenvalue weighted by molar-refractivity contribution is 7.07. The van der Waals surface area contributed by atoms with Crippen LogP contribution >= 0.6 is 11.3 Å². The average Bonchev–Trinajstić information content (AvgIpc) is 2.76. The lowest BCUT2D eigenvalue weighted by molar-refractivity contribution is -0.135. The highest BCUT2D eigenvalue weighted by atomic mass is 32.1. The molecule has 1 saturated heterocycles. The van der Waals surface area contributed by atoms with Gasteiger partial charge < -0.3 is 10.6 Å². The minimum atomic E-state index is 0.0285. The van der Waals surface area contributed by atoms with E-state index in [1.165, 1.54) is 5.56 Å². The van der Waals surface area contributed by atoms with Crippen LogP contribution in [0.25, 0.3) is 0 Å². The van der Waals surface area contributed by atoms with Crippen LogP contribution in [-0.2, 0) is 4.79 Å². The van der Waals surface area contributed by atoms with E-state index in [9.17, 15) is 4.79 Å². The Hall–Kier alpha value is -0.910. The highest BCUT2D eigenvalue weighted by Crippen LogP contribution is 2.26. The van der Waals surface area contributed by atoms with Gasteiger partial charge >= 0.3 is 0 Å². The van der Waals surface area contributed by atoms with Crippen LogP contribution in [0.4, 0.5) is 0 Å². The van der Waals surface area contributed by atoms with Crippen molar-refractivity contribution in [3.63, 3.8) is 0 Å². The predicted octanol–water partition coefficient (Wildman–Crippen LogP) is 0.910. The summed E-state index contributed by atoms with van der Waals surface area (Å²) in [5.41, 5.74) is 7.30. The van der Waals surface area contributed by atoms with Gasteiger partial charge in [-0.3, -0.25) is 9.69 Å². The second kappa shape index (κ2) is 5.16. The Balaban J connectivity index is 2.15. The third-order valence-corrected chi connectivity index (χ3v) is 3.96. The van der Waals surface area contributed by atoms with Gasteiger partial charge in [0, 0.05) is 26.2 Å². The van der Waals surface area contributed by atoms with Crippen molar-refractivity contribution < 1.29 is 4.79 Å². The molecule has 1 amide bonds. The Morgan fingerprint density at radius 2 is 2.24 bits per heavy atom. The van der Waals surface area contributed by atoms with E-state index >= 15 is 0 Å². The van der Waals surface area contributed by atoms with Crippen LogP contribution in [0.15, 0.2) is 16.8 Å². The minimum absolute atomic E-state index is 0.0285. The summed E-state index contributed by atoms with van der Waals surface area (Å²) in [4.78, 5) is 15.7. The normalized spacial score (nSPS) is 21.6. The lowest BCUT2D eigenvalue weighted by atomic mass is 10.0. The lowest BCUT2D eigenvalue weighted by Gasteiger charge is -2.38. The molecule has 2 atom stereocenters. The first-order valence-corrected chi connectivity index (χ1v) is 6.79. The van der Waals surface area contributed by atoms with Gasteiger partial charge in [0.1, 0.15) is 0 Å². The number of thiophene rings is 1. The van der Waals surface area contributed by atoms with Crippen molar-refractivity contribution in [3.05, 3.63) is 22.4 Å². The van der Waals surface area contributed by atoms with Crippen molar-refractivity contribution in [1.82, 2.24) is 9.80 Å². The van der Waals surface area contributed by atoms with Crippen LogP contribution in [0.5, 0.6) is 0 Å². The monoisotopic (exact) mass is 253 g/mol. The van der Waals surface area contributed by atoms with Crippen LogP contribution in [0, 0.1) is 0 Å². The molecule has 0 bridgehead atoms. The van der Waals surface area contributed by atoms with Gasteiger partial charge in [0.2, 0.25) is 5.91 Å². The second-order valence-electron chi connectivity index (χ2n) is 4.65. The number of carbonyl (C=O) groups is 1. The summed E-state index contributed by atoms with van der Waals surface area (Å²) in [7, 11) is 1.85. The molecular formula is C12H19N3OS. The summed E-state index contributed by atoms with van der Waals surface area (Å²) in [5.74, 6) is 0.178. The van der Waals surface area contributed by atoms with Crippen LogP contribution in [0.2, 0.25) is 0 Å². The van der Waals surface area contributed by atoms with Crippen molar-refractivity contribution in [2.75, 3.05) is 26.7 Å². The molecule has 2 N–H and O–H groups in total. The molecule has 4 nitrogen and oxygen atoms in total. The number of rotatable bonds is 3. The van der Waals surface area contributed by atoms with Gasteiger partial charge in [-0.15, -0.1) is 0 Å². The zero-order valence-electron chi connectivity index (χ0n) is 10.3. The van der Waals surface area contributed by atoms with E-state index < -0.39 is 0 Å². The largest absolute Gasteiger partial charge is 0.343 e. The molecule has 5 heteroatoms. The van der Waals surface area contributed by atoms with Crippen LogP contribution < -0.4 is 5.73 Å². The zero-order valence-corrected chi connectivity index (χ0v) is 11.1. The second-order valence-corrected chi connectivity index (χ2v) is 5.43. The lowest BCUT2D eigenvalue weighted by Crippen LogP contribution is -2.52. The Kier molecular flexibility index (Phi) is 3.81. The zero-order chi connectivity index (χ0) is 12.4. The van der Waals surface area contributed by atoms with Gasteiger partial charge in [-0.1, -0.05) is 0 Å². The van der Waals surface area contributed by atoms with Crippen molar-refractivity contribution in [1.29, 1.82) is 0 Å². The van der Waals surface area contributed by atoms with Gasteiger partial charge in [0.05, 0.1) is 12.6 Å². The fraction of sp³-hybridized carbons (Fsp3) is 0.583. The van der Waals surface area contributed by atoms with Gasteiger partial charge in [0.15, 0.2) is 0 Å². The fourth-order valence-electron chi connectivity index (χ4n) is 2.30. The van der Waals surface area contributed by atoms with E-state index in [-0.39, 0.29) is 18.0 Å². The number of nitrogens with two attached hydrogens (primary N) is 1. The van der Waals surface area contributed by atoms with Crippen LogP contribution in [-0.4, -0.2) is 48.4 Å². The number of likely N-dealkylation sites (N-methyl/N-ethyl adjacent to an activating group) is 1. The molecule has 94 valence electrons. The first kappa shape index (κ1) is 12.5. The smallest absolute Gasteiger partial charge is 0.236 e. The number of piperazine rings is 1. The first-order valence-electron chi connectivity index (χ1n) is 5.85. The molecule has 0 aromatic carbocycles. The maximum Gasteiger partial charge on any atom is 0.236 e. The molecule has 2 heterocycles. The minimum Gasteiger partial charge on any atom is -0.343 e. The molecule has 1 aromatic rings. The van der Waals surface area contributed by atoms with E-state index in [0.29, 0.717) is 6.54 Å². The maximum absolute atomic E-state index is 11.7. The van der Waals surface area contributed by atoms with E-state index in [4.69, 9.17) is 5.73 Å². The Morgan fingerprint density at radius 3 is 2.76 bits per heavy atom. The van der Waals surface area contributed by atoms with Crippen LogP contribution in [0.3, 0.4) is 0 Å². The molecule has 1 aromatic heterocycles. The molecule has 17 heavy (non-hydrogen) atoms. The average molecular weight is 253 g/mol. The van der Waals surface area contributed by atoms with Gasteiger partial charge in [0.25, 0.3) is 0 Å². The SMILES string of the molecule is CC(N)C(c1ccsc1)N1CCN(C)C(=O)C1. The van der Waals surface area contributed by atoms with E-state index in [2.05, 4.69) is 21.7 Å². The van der Waals surface area contributed by atoms with E-state index in [1.54, 1.807) is 16.2 Å². The Bertz CT molecular complexity index is 377. The van der Waals surface area contributed by atoms with Crippen molar-refractivity contribution in [2.24, 2.45) is 5.73 Å². The van der Waals surface area contributed by atoms with Gasteiger partial charge in [-0.2, -0.15) is 11.3 Å². The highest BCUT2D eigenvalue weighted by Gasteiger charge is 2.30. The molecular weight excluding hydrogens is 234 g/mol. The number of amides is 1. The number of hydrogen-bond acceptors (Lipinski definition) is 4. The third-order valence-electron chi connectivity index (χ3n) is 3.26. The van der Waals surface area contributed by atoms with E-state index in [0.717, 1.165) is 13.1 Å². The molecule has 0 saturated carbocycles. The summed E-state index contributed by atoms with van der Waals surface area (Å²) in [5, 5.41) is 4.18. The van der Waals surface area contributed by atoms with E-state index in [1.807, 2.05) is 14.0 Å². The number of nitrogens with zero attached hydrogens (tertiary/aromatic N) is 2. The molecule has 0 radical (unpaired) electrons. The fourth-order valence-corrected chi connectivity index (χ4v) is 2.99. The van der Waals surface area contributed by atoms with Gasteiger partial charge in [-0.25, -0.2) is 0 Å². The quantitative estimate of drug-likeness (QED) is 0.871. The molecule has 1 aliphatic heterocycles. The summed E-state index contributed by atoms with van der Waals surface area (Å²) in [6.07, 6.45) is 0. The molecule has 0 aliphatic carbocycles. The van der Waals surface area contributed by atoms with Gasteiger partial charge in [-0.05, 0) is 29.3 Å². The number of carbonyl (C=O) groups excluding carboxylic acids is 1. The topological polar surface area (TPSA) is 49.6 Å². The molecule has 1 aliphatic rings. The molecule has 2 rings (SSSR count). The molecule has 1 fully saturated rings. The van der Waals surface area contributed by atoms with Crippen LogP contribution in [0.1, 0.15) is 18.5 Å². The maximum atomic E-state index is 11.7. The molecule has 0 spiro atoms. The number of hydrogen-bond donors (Lipinski definition) is 1. The van der Waals surface area contributed by atoms with Crippen molar-refractivity contribution in [3.8, 4) is 0 Å². The Morgan fingerprint density at radius 1 is 1.47 bits per heavy atom. The standard InChI is InChI=1S/C12H19N3OS/c1-9(13)12(10-3-6-17-8-10)15-5-4-14(2)11(16)7-15/h3,6,8-9,12H,4-5,7,13H2,1-2H3. The van der Waals surface area contributed by atoms with Crippen molar-refractivity contribution >= 4 is 17.2 Å². The summed E-state index contributed by atoms with van der Waals surface area (Å²) >= 11 is 1.67. The summed E-state index contributed by atoms with van der Waals surface area (Å²) < 4.78 is 0. The Labute approximate surface area is 106 Å². The first-order chi connectivity index (χ1) is 8.09. The molecule has 2 unspecified atom stereocenters.